The van der Waals surface area contributed by atoms with Gasteiger partial charge in [0, 0.05) is 0 Å². The Labute approximate surface area is 171 Å². The molecule has 0 N–H and O–H groups in total. The summed E-state index contributed by atoms with van der Waals surface area (Å²) in [6.45, 7) is 8.35. The van der Waals surface area contributed by atoms with E-state index in [0.717, 1.165) is 51.4 Å². The van der Waals surface area contributed by atoms with Crippen LogP contribution in [0.1, 0.15) is 99.8 Å². The van der Waals surface area contributed by atoms with Crippen LogP contribution >= 0.6 is 0 Å². The number of aryl methyl sites for hydroxylation is 2. The van der Waals surface area contributed by atoms with E-state index in [0.29, 0.717) is 31.1 Å². The van der Waals surface area contributed by atoms with Crippen LogP contribution in [0.25, 0.3) is 0 Å². The number of hydrogen-bond donors (Lipinski definition) is 0. The lowest BCUT2D eigenvalue weighted by molar-refractivity contribution is 0.0529. The molecule has 0 saturated heterocycles. The molecule has 0 atom stereocenters. The molecule has 0 nitrogen and oxygen atoms in total. The standard InChI is InChI=1S/C26H40F2/c1-19-5-7-24(21(3)20(19)2)8-6-22-11-16-26(28,17-12-22)18-13-23-9-14-25(4,27)15-10-23/h5,7,22-23H,6,8-18H2,1-4H3. The van der Waals surface area contributed by atoms with Crippen LogP contribution in [0.15, 0.2) is 12.1 Å². The van der Waals surface area contributed by atoms with Gasteiger partial charge in [-0.3, -0.25) is 0 Å². The molecule has 28 heavy (non-hydrogen) atoms. The Morgan fingerprint density at radius 2 is 1.39 bits per heavy atom. The first kappa shape index (κ1) is 21.8. The average Bonchev–Trinajstić information content (AvgIpc) is 2.66. The van der Waals surface area contributed by atoms with Crippen molar-refractivity contribution in [3.05, 3.63) is 34.4 Å². The van der Waals surface area contributed by atoms with E-state index >= 15 is 4.39 Å². The van der Waals surface area contributed by atoms with Crippen molar-refractivity contribution in [2.45, 2.75) is 116 Å². The Morgan fingerprint density at radius 3 is 2.04 bits per heavy atom. The van der Waals surface area contributed by atoms with Crippen LogP contribution in [-0.2, 0) is 6.42 Å². The Morgan fingerprint density at radius 1 is 0.821 bits per heavy atom. The van der Waals surface area contributed by atoms with Crippen molar-refractivity contribution in [2.75, 3.05) is 0 Å². The van der Waals surface area contributed by atoms with E-state index in [-0.39, 0.29) is 0 Å². The van der Waals surface area contributed by atoms with Crippen LogP contribution in [0.4, 0.5) is 8.78 Å². The molecule has 2 aliphatic carbocycles. The summed E-state index contributed by atoms with van der Waals surface area (Å²) in [5.74, 6) is 1.22. The van der Waals surface area contributed by atoms with Gasteiger partial charge in [-0.1, -0.05) is 12.1 Å². The predicted octanol–water partition coefficient (Wildman–Crippen LogP) is 8.14. The molecular formula is C26H40F2. The van der Waals surface area contributed by atoms with Crippen LogP contribution in [0.5, 0.6) is 0 Å². The molecule has 2 heteroatoms. The molecule has 2 fully saturated rings. The second-order valence-electron chi connectivity index (χ2n) is 10.3. The van der Waals surface area contributed by atoms with Crippen molar-refractivity contribution in [3.63, 3.8) is 0 Å². The van der Waals surface area contributed by atoms with Gasteiger partial charge in [0.15, 0.2) is 0 Å². The Balaban J connectivity index is 1.41. The predicted molar refractivity (Wildman–Crippen MR) is 115 cm³/mol. The second-order valence-corrected chi connectivity index (χ2v) is 10.3. The van der Waals surface area contributed by atoms with Gasteiger partial charge in [-0.2, -0.15) is 0 Å². The van der Waals surface area contributed by atoms with Crippen molar-refractivity contribution in [1.82, 2.24) is 0 Å². The quantitative estimate of drug-likeness (QED) is 0.460. The molecule has 0 spiro atoms. The van der Waals surface area contributed by atoms with Gasteiger partial charge in [-0.25, -0.2) is 8.78 Å². The zero-order valence-electron chi connectivity index (χ0n) is 18.6. The van der Waals surface area contributed by atoms with Crippen LogP contribution < -0.4 is 0 Å². The Bertz CT molecular complexity index is 643. The first-order valence-corrected chi connectivity index (χ1v) is 11.6. The third-order valence-corrected chi connectivity index (χ3v) is 8.14. The fraction of sp³-hybridized carbons (Fsp3) is 0.769. The lowest BCUT2D eigenvalue weighted by Gasteiger charge is -2.36. The SMILES string of the molecule is Cc1ccc(CCC2CCC(F)(CCC3CCC(C)(F)CC3)CC2)c(C)c1C. The molecule has 3 rings (SSSR count). The Kier molecular flexibility index (Phi) is 6.88. The third-order valence-electron chi connectivity index (χ3n) is 8.14. The van der Waals surface area contributed by atoms with Gasteiger partial charge in [0.25, 0.3) is 0 Å². The van der Waals surface area contributed by atoms with Crippen LogP contribution in [0, 0.1) is 32.6 Å². The summed E-state index contributed by atoms with van der Waals surface area (Å²) >= 11 is 0. The van der Waals surface area contributed by atoms with Crippen molar-refractivity contribution in [3.8, 4) is 0 Å². The van der Waals surface area contributed by atoms with Crippen molar-refractivity contribution < 1.29 is 8.78 Å². The number of halogens is 2. The summed E-state index contributed by atoms with van der Waals surface area (Å²) in [5, 5.41) is 0. The highest BCUT2D eigenvalue weighted by molar-refractivity contribution is 5.38. The van der Waals surface area contributed by atoms with Gasteiger partial charge < -0.3 is 0 Å². The highest BCUT2D eigenvalue weighted by Crippen LogP contribution is 2.43. The Hall–Kier alpha value is -0.920. The van der Waals surface area contributed by atoms with Crippen molar-refractivity contribution in [2.24, 2.45) is 11.8 Å². The molecule has 2 aliphatic rings. The maximum atomic E-state index is 15.3. The molecule has 158 valence electrons. The van der Waals surface area contributed by atoms with Crippen LogP contribution in [-0.4, -0.2) is 11.3 Å². The molecule has 0 aliphatic heterocycles. The fourth-order valence-electron chi connectivity index (χ4n) is 5.41. The first-order chi connectivity index (χ1) is 13.2. The highest BCUT2D eigenvalue weighted by Gasteiger charge is 2.37. The van der Waals surface area contributed by atoms with Gasteiger partial charge >= 0.3 is 0 Å². The topological polar surface area (TPSA) is 0 Å². The smallest absolute Gasteiger partial charge is 0.111 e. The summed E-state index contributed by atoms with van der Waals surface area (Å²) in [6, 6.07) is 4.52. The molecule has 1 aromatic carbocycles. The summed E-state index contributed by atoms with van der Waals surface area (Å²) in [6.07, 6.45) is 10.7. The molecule has 0 aromatic heterocycles. The van der Waals surface area contributed by atoms with Gasteiger partial charge in [-0.15, -0.1) is 0 Å². The molecule has 0 bridgehead atoms. The van der Waals surface area contributed by atoms with Crippen molar-refractivity contribution >= 4 is 0 Å². The van der Waals surface area contributed by atoms with Gasteiger partial charge in [-0.05, 0) is 139 Å². The maximum absolute atomic E-state index is 15.3. The van der Waals surface area contributed by atoms with Crippen molar-refractivity contribution in [1.29, 1.82) is 0 Å². The van der Waals surface area contributed by atoms with E-state index < -0.39 is 11.3 Å². The summed E-state index contributed by atoms with van der Waals surface area (Å²) in [7, 11) is 0. The average molecular weight is 391 g/mol. The molecule has 2 saturated carbocycles. The maximum Gasteiger partial charge on any atom is 0.111 e. The molecule has 1 aromatic rings. The number of benzene rings is 1. The van der Waals surface area contributed by atoms with Crippen LogP contribution in [0.2, 0.25) is 0 Å². The monoisotopic (exact) mass is 390 g/mol. The third kappa shape index (κ3) is 5.57. The minimum Gasteiger partial charge on any atom is -0.244 e. The second kappa shape index (κ2) is 8.84. The number of rotatable bonds is 6. The fourth-order valence-corrected chi connectivity index (χ4v) is 5.41. The summed E-state index contributed by atoms with van der Waals surface area (Å²) in [4.78, 5) is 0. The molecule has 0 unspecified atom stereocenters. The minimum atomic E-state index is -0.976. The minimum absolute atomic E-state index is 0.543. The first-order valence-electron chi connectivity index (χ1n) is 11.6. The van der Waals surface area contributed by atoms with E-state index in [1.807, 2.05) is 0 Å². The lowest BCUT2D eigenvalue weighted by Crippen LogP contribution is -2.32. The van der Waals surface area contributed by atoms with E-state index in [4.69, 9.17) is 0 Å². The van der Waals surface area contributed by atoms with Gasteiger partial charge in [0.05, 0.1) is 0 Å². The summed E-state index contributed by atoms with van der Waals surface area (Å²) < 4.78 is 29.2. The molecule has 0 heterocycles. The highest BCUT2D eigenvalue weighted by atomic mass is 19.1. The molecular weight excluding hydrogens is 350 g/mol. The zero-order chi connectivity index (χ0) is 20.4. The largest absolute Gasteiger partial charge is 0.244 e. The zero-order valence-corrected chi connectivity index (χ0v) is 18.6. The van der Waals surface area contributed by atoms with E-state index in [2.05, 4.69) is 32.9 Å². The normalized spacial score (nSPS) is 33.8. The van der Waals surface area contributed by atoms with Crippen LogP contribution in [0.3, 0.4) is 0 Å². The number of alkyl halides is 2. The van der Waals surface area contributed by atoms with E-state index in [1.165, 1.54) is 28.7 Å². The van der Waals surface area contributed by atoms with Gasteiger partial charge in [0.1, 0.15) is 11.3 Å². The number of hydrogen-bond acceptors (Lipinski definition) is 0. The van der Waals surface area contributed by atoms with E-state index in [1.54, 1.807) is 6.92 Å². The van der Waals surface area contributed by atoms with Gasteiger partial charge in [0.2, 0.25) is 0 Å². The molecule has 0 amide bonds. The molecule has 0 radical (unpaired) electrons. The van der Waals surface area contributed by atoms with E-state index in [9.17, 15) is 4.39 Å². The lowest BCUT2D eigenvalue weighted by atomic mass is 9.73. The summed E-state index contributed by atoms with van der Waals surface area (Å²) in [5.41, 5.74) is 3.76.